The largest absolute Gasteiger partial charge is 0.486 e. The summed E-state index contributed by atoms with van der Waals surface area (Å²) in [6, 6.07) is 13.4. The molecule has 10 nitrogen and oxygen atoms in total. The van der Waals surface area contributed by atoms with Crippen LogP contribution in [0.3, 0.4) is 0 Å². The Kier molecular flexibility index (Phi) is 6.67. The lowest BCUT2D eigenvalue weighted by atomic mass is 10.2. The standard InChI is InChI=1S/C22H17N3O7S2/c23-12-15-7-10-33-21(15)24-20(26)13-32-22(27)14-1-3-16(4-2-14)25-34(28,29)17-5-6-18-19(11-17)31-9-8-30-18/h1-7,10-11,25H,8-9,13H2,(H,24,26). The van der Waals surface area contributed by atoms with E-state index in [1.165, 1.54) is 53.8 Å². The molecule has 0 atom stereocenters. The lowest BCUT2D eigenvalue weighted by Gasteiger charge is -2.19. The van der Waals surface area contributed by atoms with Crippen LogP contribution in [0, 0.1) is 11.3 Å². The second kappa shape index (κ2) is 9.82. The number of anilines is 2. The van der Waals surface area contributed by atoms with E-state index in [0.29, 0.717) is 35.3 Å². The van der Waals surface area contributed by atoms with Crippen molar-refractivity contribution in [2.75, 3.05) is 29.9 Å². The Labute approximate surface area is 198 Å². The van der Waals surface area contributed by atoms with Crippen molar-refractivity contribution in [3.63, 3.8) is 0 Å². The molecule has 1 aliphatic rings. The van der Waals surface area contributed by atoms with Gasteiger partial charge in [0.2, 0.25) is 0 Å². The SMILES string of the molecule is N#Cc1ccsc1NC(=O)COC(=O)c1ccc(NS(=O)(=O)c2ccc3c(c2)OCCO3)cc1. The first-order valence-corrected chi connectivity index (χ1v) is 12.2. The molecule has 174 valence electrons. The van der Waals surface area contributed by atoms with Gasteiger partial charge in [0.25, 0.3) is 15.9 Å². The Balaban J connectivity index is 1.34. The predicted molar refractivity (Wildman–Crippen MR) is 123 cm³/mol. The number of rotatable bonds is 7. The van der Waals surface area contributed by atoms with E-state index in [4.69, 9.17) is 19.5 Å². The van der Waals surface area contributed by atoms with E-state index in [1.807, 2.05) is 6.07 Å². The first-order valence-electron chi connectivity index (χ1n) is 9.83. The summed E-state index contributed by atoms with van der Waals surface area (Å²) >= 11 is 1.18. The van der Waals surface area contributed by atoms with Gasteiger partial charge in [0.1, 0.15) is 24.3 Å². The highest BCUT2D eigenvalue weighted by molar-refractivity contribution is 7.92. The number of hydrogen-bond acceptors (Lipinski definition) is 9. The number of amides is 1. The number of benzene rings is 2. The van der Waals surface area contributed by atoms with Crippen molar-refractivity contribution in [3.05, 3.63) is 65.0 Å². The fourth-order valence-electron chi connectivity index (χ4n) is 2.95. The van der Waals surface area contributed by atoms with Crippen LogP contribution in [-0.4, -0.2) is 40.1 Å². The molecule has 34 heavy (non-hydrogen) atoms. The maximum Gasteiger partial charge on any atom is 0.338 e. The molecule has 0 bridgehead atoms. The molecule has 2 N–H and O–H groups in total. The van der Waals surface area contributed by atoms with Crippen LogP contribution < -0.4 is 19.5 Å². The summed E-state index contributed by atoms with van der Waals surface area (Å²) in [4.78, 5) is 24.2. The van der Waals surface area contributed by atoms with Crippen LogP contribution in [0.4, 0.5) is 10.7 Å². The van der Waals surface area contributed by atoms with Gasteiger partial charge in [-0.25, -0.2) is 13.2 Å². The van der Waals surface area contributed by atoms with Crippen LogP contribution in [0.25, 0.3) is 0 Å². The zero-order valence-corrected chi connectivity index (χ0v) is 19.1. The van der Waals surface area contributed by atoms with Crippen LogP contribution >= 0.6 is 11.3 Å². The molecule has 0 fully saturated rings. The van der Waals surface area contributed by atoms with Gasteiger partial charge in [-0.05, 0) is 47.8 Å². The molecule has 0 unspecified atom stereocenters. The lowest BCUT2D eigenvalue weighted by Crippen LogP contribution is -2.20. The minimum atomic E-state index is -3.91. The summed E-state index contributed by atoms with van der Waals surface area (Å²) in [6.07, 6.45) is 0. The number of carbonyl (C=O) groups excluding carboxylic acids is 2. The van der Waals surface area contributed by atoms with Gasteiger partial charge in [0, 0.05) is 11.8 Å². The van der Waals surface area contributed by atoms with Crippen molar-refractivity contribution in [1.82, 2.24) is 0 Å². The minimum absolute atomic E-state index is 0.00320. The van der Waals surface area contributed by atoms with Crippen molar-refractivity contribution in [1.29, 1.82) is 5.26 Å². The molecule has 0 radical (unpaired) electrons. The second-order valence-corrected chi connectivity index (χ2v) is 9.49. The predicted octanol–water partition coefficient (Wildman–Crippen LogP) is 2.99. The zero-order valence-electron chi connectivity index (χ0n) is 17.4. The van der Waals surface area contributed by atoms with Crippen molar-refractivity contribution in [3.8, 4) is 17.6 Å². The summed E-state index contributed by atoms with van der Waals surface area (Å²) in [5.74, 6) is -0.527. The average molecular weight is 500 g/mol. The van der Waals surface area contributed by atoms with Gasteiger partial charge in [-0.15, -0.1) is 11.3 Å². The van der Waals surface area contributed by atoms with E-state index in [-0.39, 0.29) is 16.1 Å². The molecule has 2 heterocycles. The van der Waals surface area contributed by atoms with Gasteiger partial charge in [0.15, 0.2) is 18.1 Å². The summed E-state index contributed by atoms with van der Waals surface area (Å²) in [5.41, 5.74) is 0.675. The molecule has 4 rings (SSSR count). The summed E-state index contributed by atoms with van der Waals surface area (Å²) in [5, 5.41) is 13.5. The number of sulfonamides is 1. The molecule has 12 heteroatoms. The number of carbonyl (C=O) groups is 2. The molecule has 0 saturated carbocycles. The highest BCUT2D eigenvalue weighted by Gasteiger charge is 2.20. The Morgan fingerprint density at radius 1 is 1.06 bits per heavy atom. The van der Waals surface area contributed by atoms with E-state index in [9.17, 15) is 18.0 Å². The van der Waals surface area contributed by atoms with Gasteiger partial charge in [-0.2, -0.15) is 5.26 Å². The van der Waals surface area contributed by atoms with Crippen LogP contribution in [-0.2, 0) is 19.6 Å². The van der Waals surface area contributed by atoms with Gasteiger partial charge >= 0.3 is 5.97 Å². The van der Waals surface area contributed by atoms with E-state index in [0.717, 1.165) is 0 Å². The number of nitrogens with one attached hydrogen (secondary N) is 2. The van der Waals surface area contributed by atoms with E-state index in [1.54, 1.807) is 11.4 Å². The van der Waals surface area contributed by atoms with Crippen molar-refractivity contribution >= 4 is 43.9 Å². The number of nitrogens with zero attached hydrogens (tertiary/aromatic N) is 1. The number of esters is 1. The number of fused-ring (bicyclic) bond motifs is 1. The summed E-state index contributed by atoms with van der Waals surface area (Å²) < 4.78 is 43.6. The third-order valence-corrected chi connectivity index (χ3v) is 6.78. The molecule has 2 aromatic carbocycles. The van der Waals surface area contributed by atoms with Gasteiger partial charge in [-0.3, -0.25) is 9.52 Å². The lowest BCUT2D eigenvalue weighted by molar-refractivity contribution is -0.119. The summed E-state index contributed by atoms with van der Waals surface area (Å²) in [7, 11) is -3.91. The highest BCUT2D eigenvalue weighted by atomic mass is 32.2. The molecule has 0 spiro atoms. The third-order valence-electron chi connectivity index (χ3n) is 4.57. The Morgan fingerprint density at radius 3 is 2.53 bits per heavy atom. The van der Waals surface area contributed by atoms with Gasteiger partial charge in [-0.1, -0.05) is 0 Å². The monoisotopic (exact) mass is 499 g/mol. The maximum absolute atomic E-state index is 12.7. The van der Waals surface area contributed by atoms with E-state index >= 15 is 0 Å². The maximum atomic E-state index is 12.7. The van der Waals surface area contributed by atoms with Crippen molar-refractivity contribution in [2.45, 2.75) is 4.90 Å². The fourth-order valence-corrected chi connectivity index (χ4v) is 4.78. The van der Waals surface area contributed by atoms with Crippen LogP contribution in [0.15, 0.2) is 58.8 Å². The molecule has 0 aliphatic carbocycles. The smallest absolute Gasteiger partial charge is 0.338 e. The van der Waals surface area contributed by atoms with E-state index < -0.39 is 28.5 Å². The van der Waals surface area contributed by atoms with Crippen molar-refractivity contribution in [2.24, 2.45) is 0 Å². The van der Waals surface area contributed by atoms with E-state index in [2.05, 4.69) is 10.0 Å². The average Bonchev–Trinajstić information content (AvgIpc) is 3.29. The molecule has 1 aliphatic heterocycles. The third kappa shape index (κ3) is 5.28. The zero-order chi connectivity index (χ0) is 24.1. The van der Waals surface area contributed by atoms with Crippen LogP contribution in [0.5, 0.6) is 11.5 Å². The van der Waals surface area contributed by atoms with Crippen molar-refractivity contribution < 1.29 is 32.2 Å². The Morgan fingerprint density at radius 2 is 1.79 bits per heavy atom. The molecule has 3 aromatic rings. The summed E-state index contributed by atoms with van der Waals surface area (Å²) in [6.45, 7) is 0.186. The number of nitriles is 1. The molecule has 1 aromatic heterocycles. The molecular formula is C22H17N3O7S2. The topological polar surface area (TPSA) is 144 Å². The Bertz CT molecular complexity index is 1380. The first-order chi connectivity index (χ1) is 16.4. The van der Waals surface area contributed by atoms with Gasteiger partial charge in [0.05, 0.1) is 16.0 Å². The normalized spacial score (nSPS) is 12.3. The number of ether oxygens (including phenoxy) is 3. The van der Waals surface area contributed by atoms with Crippen LogP contribution in [0.2, 0.25) is 0 Å². The second-order valence-electron chi connectivity index (χ2n) is 6.89. The number of thiophene rings is 1. The quantitative estimate of drug-likeness (QED) is 0.472. The highest BCUT2D eigenvalue weighted by Crippen LogP contribution is 2.32. The molecule has 0 saturated heterocycles. The Hall–Kier alpha value is -4.08. The molecule has 1 amide bonds. The fraction of sp³-hybridized carbons (Fsp3) is 0.136. The minimum Gasteiger partial charge on any atom is -0.486 e. The van der Waals surface area contributed by atoms with Gasteiger partial charge < -0.3 is 19.5 Å². The number of hydrogen-bond donors (Lipinski definition) is 2. The van der Waals surface area contributed by atoms with Crippen LogP contribution in [0.1, 0.15) is 15.9 Å². The first kappa shape index (κ1) is 23.1. The molecular weight excluding hydrogens is 482 g/mol.